The molecule has 8 heteroatoms. The summed E-state index contributed by atoms with van der Waals surface area (Å²) in [5, 5.41) is 22.4. The van der Waals surface area contributed by atoms with Gasteiger partial charge in [0.05, 0.1) is 11.3 Å². The molecule has 1 heterocycles. The van der Waals surface area contributed by atoms with Gasteiger partial charge in [-0.15, -0.1) is 0 Å². The minimum absolute atomic E-state index is 0.0220. The number of carbonyl (C=O) groups excluding carboxylic acids is 2. The molecule has 0 bridgehead atoms. The molecule has 8 nitrogen and oxygen atoms in total. The Morgan fingerprint density at radius 2 is 2.20 bits per heavy atom. The highest BCUT2D eigenvalue weighted by Gasteiger charge is 2.36. The molecule has 1 aliphatic heterocycles. The monoisotopic (exact) mass is 274 g/mol. The van der Waals surface area contributed by atoms with Crippen molar-refractivity contribution in [3.8, 4) is 6.07 Å². The molecule has 1 N–H and O–H groups in total. The van der Waals surface area contributed by atoms with E-state index in [-0.39, 0.29) is 29.5 Å². The Morgan fingerprint density at radius 1 is 1.50 bits per heavy atom. The van der Waals surface area contributed by atoms with E-state index in [1.807, 2.05) is 0 Å². The molecule has 2 rings (SSSR count). The van der Waals surface area contributed by atoms with Gasteiger partial charge in [0.2, 0.25) is 5.91 Å². The van der Waals surface area contributed by atoms with Gasteiger partial charge in [0.1, 0.15) is 17.7 Å². The van der Waals surface area contributed by atoms with Gasteiger partial charge in [-0.25, -0.2) is 0 Å². The number of hydrogen-bond acceptors (Lipinski definition) is 6. The molecule has 1 saturated heterocycles. The number of likely N-dealkylation sites (N-methyl/N-ethyl adjacent to an activating group) is 1. The van der Waals surface area contributed by atoms with Gasteiger partial charge in [-0.2, -0.15) is 5.26 Å². The summed E-state index contributed by atoms with van der Waals surface area (Å²) >= 11 is 0. The van der Waals surface area contributed by atoms with E-state index in [9.17, 15) is 19.7 Å². The summed E-state index contributed by atoms with van der Waals surface area (Å²) in [4.78, 5) is 34.2. The number of nitriles is 1. The van der Waals surface area contributed by atoms with Crippen LogP contribution in [0.4, 0.5) is 11.4 Å². The van der Waals surface area contributed by atoms with Crippen LogP contribution in [0, 0.1) is 21.4 Å². The van der Waals surface area contributed by atoms with Crippen LogP contribution in [0.5, 0.6) is 0 Å². The molecule has 0 radical (unpaired) electrons. The van der Waals surface area contributed by atoms with Crippen molar-refractivity contribution in [2.75, 3.05) is 12.4 Å². The van der Waals surface area contributed by atoms with Crippen molar-refractivity contribution >= 4 is 23.2 Å². The van der Waals surface area contributed by atoms with Crippen LogP contribution >= 0.6 is 0 Å². The van der Waals surface area contributed by atoms with Crippen molar-refractivity contribution in [3.63, 3.8) is 0 Å². The Labute approximate surface area is 113 Å². The van der Waals surface area contributed by atoms with Crippen molar-refractivity contribution in [3.05, 3.63) is 33.9 Å². The van der Waals surface area contributed by atoms with Crippen LogP contribution in [-0.4, -0.2) is 34.7 Å². The summed E-state index contributed by atoms with van der Waals surface area (Å²) in [5.74, 6) is -0.665. The third kappa shape index (κ3) is 2.29. The number of carbonyl (C=O) groups is 2. The second-order valence-corrected chi connectivity index (χ2v) is 4.29. The zero-order valence-electron chi connectivity index (χ0n) is 10.5. The third-order valence-corrected chi connectivity index (χ3v) is 3.04. The van der Waals surface area contributed by atoms with E-state index in [4.69, 9.17) is 5.26 Å². The maximum atomic E-state index is 11.7. The molecule has 1 unspecified atom stereocenters. The molecule has 1 aliphatic rings. The van der Waals surface area contributed by atoms with Crippen molar-refractivity contribution < 1.29 is 14.5 Å². The van der Waals surface area contributed by atoms with Crippen LogP contribution in [0.25, 0.3) is 0 Å². The molecule has 1 aromatic rings. The molecule has 1 aromatic carbocycles. The van der Waals surface area contributed by atoms with Crippen molar-refractivity contribution in [2.45, 2.75) is 12.5 Å². The number of benzene rings is 1. The number of amides is 2. The fourth-order valence-electron chi connectivity index (χ4n) is 1.94. The van der Waals surface area contributed by atoms with Crippen molar-refractivity contribution in [1.29, 1.82) is 5.26 Å². The Bertz CT molecular complexity index is 649. The average Bonchev–Trinajstić information content (AvgIpc) is 2.66. The highest BCUT2D eigenvalue weighted by molar-refractivity contribution is 6.06. The van der Waals surface area contributed by atoms with Gasteiger partial charge >= 0.3 is 0 Å². The van der Waals surface area contributed by atoms with Crippen LogP contribution in [-0.2, 0) is 9.59 Å². The fourth-order valence-corrected chi connectivity index (χ4v) is 1.94. The van der Waals surface area contributed by atoms with E-state index < -0.39 is 11.0 Å². The maximum absolute atomic E-state index is 11.7. The number of nitrogens with one attached hydrogen (secondary N) is 1. The minimum atomic E-state index is -0.708. The van der Waals surface area contributed by atoms with Crippen LogP contribution < -0.4 is 5.32 Å². The molecular weight excluding hydrogens is 264 g/mol. The molecular formula is C12H10N4O4. The second kappa shape index (κ2) is 4.97. The first kappa shape index (κ1) is 13.5. The summed E-state index contributed by atoms with van der Waals surface area (Å²) < 4.78 is 0. The Balaban J connectivity index is 2.24. The molecule has 0 saturated carbocycles. The van der Waals surface area contributed by atoms with E-state index in [0.29, 0.717) is 5.69 Å². The molecule has 0 aromatic heterocycles. The molecule has 0 spiro atoms. The highest BCUT2D eigenvalue weighted by atomic mass is 16.6. The summed E-state index contributed by atoms with van der Waals surface area (Å²) in [6.45, 7) is 0. The van der Waals surface area contributed by atoms with Gasteiger partial charge in [0, 0.05) is 18.8 Å². The SMILES string of the molecule is CN1C(=O)CC(Nc2ccc([N+](=O)[O-])c(C#N)c2)C1=O. The number of nitro benzene ring substituents is 1. The predicted molar refractivity (Wildman–Crippen MR) is 67.6 cm³/mol. The molecule has 1 fully saturated rings. The van der Waals surface area contributed by atoms with Gasteiger partial charge in [-0.05, 0) is 12.1 Å². The second-order valence-electron chi connectivity index (χ2n) is 4.29. The third-order valence-electron chi connectivity index (χ3n) is 3.04. The van der Waals surface area contributed by atoms with Gasteiger partial charge in [-0.3, -0.25) is 24.6 Å². The summed E-state index contributed by atoms with van der Waals surface area (Å²) in [7, 11) is 1.39. The van der Waals surface area contributed by atoms with E-state index in [1.165, 1.54) is 25.2 Å². The minimum Gasteiger partial charge on any atom is -0.373 e. The van der Waals surface area contributed by atoms with Crippen molar-refractivity contribution in [1.82, 2.24) is 4.90 Å². The number of anilines is 1. The number of nitrogens with zero attached hydrogens (tertiary/aromatic N) is 3. The topological polar surface area (TPSA) is 116 Å². The molecule has 1 atom stereocenters. The van der Waals surface area contributed by atoms with E-state index >= 15 is 0 Å². The lowest BCUT2D eigenvalue weighted by Crippen LogP contribution is -2.31. The van der Waals surface area contributed by atoms with E-state index in [2.05, 4.69) is 5.32 Å². The largest absolute Gasteiger partial charge is 0.373 e. The highest BCUT2D eigenvalue weighted by Crippen LogP contribution is 2.24. The summed E-state index contributed by atoms with van der Waals surface area (Å²) in [6, 6.07) is 4.89. The Morgan fingerprint density at radius 3 is 2.70 bits per heavy atom. The molecule has 0 aliphatic carbocycles. The normalized spacial score (nSPS) is 18.0. The summed E-state index contributed by atoms with van der Waals surface area (Å²) in [5.41, 5.74) is -0.0253. The Kier molecular flexibility index (Phi) is 3.35. The van der Waals surface area contributed by atoms with Crippen LogP contribution in [0.1, 0.15) is 12.0 Å². The fraction of sp³-hybridized carbons (Fsp3) is 0.250. The zero-order valence-corrected chi connectivity index (χ0v) is 10.5. The zero-order chi connectivity index (χ0) is 14.9. The van der Waals surface area contributed by atoms with Crippen LogP contribution in [0.15, 0.2) is 18.2 Å². The van der Waals surface area contributed by atoms with Gasteiger partial charge in [0.15, 0.2) is 0 Å². The summed E-state index contributed by atoms with van der Waals surface area (Å²) in [6.07, 6.45) is 0.0220. The maximum Gasteiger partial charge on any atom is 0.287 e. The molecule has 2 amide bonds. The van der Waals surface area contributed by atoms with Gasteiger partial charge in [0.25, 0.3) is 11.6 Å². The average molecular weight is 274 g/mol. The van der Waals surface area contributed by atoms with Gasteiger partial charge < -0.3 is 5.32 Å². The predicted octanol–water partition coefficient (Wildman–Crippen LogP) is 0.636. The number of hydrogen-bond donors (Lipinski definition) is 1. The number of nitro groups is 1. The van der Waals surface area contributed by atoms with Crippen LogP contribution in [0.2, 0.25) is 0 Å². The van der Waals surface area contributed by atoms with Crippen LogP contribution in [0.3, 0.4) is 0 Å². The van der Waals surface area contributed by atoms with Gasteiger partial charge in [-0.1, -0.05) is 0 Å². The lowest BCUT2D eigenvalue weighted by atomic mass is 10.1. The Hall–Kier alpha value is -2.95. The van der Waals surface area contributed by atoms with E-state index in [0.717, 1.165) is 4.90 Å². The number of imide groups is 1. The quantitative estimate of drug-likeness (QED) is 0.491. The van der Waals surface area contributed by atoms with Crippen molar-refractivity contribution in [2.24, 2.45) is 0 Å². The molecule has 102 valence electrons. The van der Waals surface area contributed by atoms with E-state index in [1.54, 1.807) is 6.07 Å². The first-order valence-electron chi connectivity index (χ1n) is 5.69. The number of rotatable bonds is 3. The standard InChI is InChI=1S/C12H10N4O4/c1-15-11(17)5-9(12(15)18)14-8-2-3-10(16(19)20)7(4-8)6-13/h2-4,9,14H,5H2,1H3. The first-order valence-corrected chi connectivity index (χ1v) is 5.69. The number of likely N-dealkylation sites (tertiary alicyclic amines) is 1. The molecule has 20 heavy (non-hydrogen) atoms. The first-order chi connectivity index (χ1) is 9.43. The lowest BCUT2D eigenvalue weighted by Gasteiger charge is -2.12. The lowest BCUT2D eigenvalue weighted by molar-refractivity contribution is -0.385. The smallest absolute Gasteiger partial charge is 0.287 e.